The molecule has 39 heavy (non-hydrogen) atoms. The van der Waals surface area contributed by atoms with E-state index in [2.05, 4.69) is 55.1 Å². The van der Waals surface area contributed by atoms with Gasteiger partial charge in [-0.05, 0) is 53.1 Å². The lowest BCUT2D eigenvalue weighted by molar-refractivity contribution is 0.0594. The second-order valence-electron chi connectivity index (χ2n) is 10.4. The van der Waals surface area contributed by atoms with Crippen LogP contribution >= 0.6 is 11.6 Å². The number of benzene rings is 3. The first-order valence-electron chi connectivity index (χ1n) is 13.1. The molecule has 1 aliphatic rings. The molecule has 2 heterocycles. The molecule has 0 atom stereocenters. The number of hydrogen-bond donors (Lipinski definition) is 0. The molecule has 0 unspecified atom stereocenters. The largest absolute Gasteiger partial charge is 0.486 e. The van der Waals surface area contributed by atoms with Crippen LogP contribution in [0.1, 0.15) is 46.9 Å². The quantitative estimate of drug-likeness (QED) is 0.240. The Bertz CT molecular complexity index is 1410. The number of piperazine rings is 1. The summed E-state index contributed by atoms with van der Waals surface area (Å²) >= 11 is 6.17. The Morgan fingerprint density at radius 2 is 1.62 bits per heavy atom. The zero-order chi connectivity index (χ0) is 27.4. The maximum Gasteiger partial charge on any atom is 0.289 e. The fourth-order valence-electron chi connectivity index (χ4n) is 4.87. The van der Waals surface area contributed by atoms with E-state index in [1.165, 1.54) is 23.3 Å². The number of amides is 1. The predicted octanol–water partition coefficient (Wildman–Crippen LogP) is 6.94. The standard InChI is InChI=1S/C32H32ClFN2O3/c1-32(2,24-6-4-3-5-7-24)25-9-12-27(13-10-25)38-22-28-14-15-30(39-28)31(37)36-18-16-35(17-19-36)21-23-8-11-26(34)20-29(23)33/h3-15,20H,16-19,21-22H2,1-2H3. The zero-order valence-corrected chi connectivity index (χ0v) is 23.0. The average Bonchev–Trinajstić information content (AvgIpc) is 3.43. The molecule has 1 aliphatic heterocycles. The van der Waals surface area contributed by atoms with Gasteiger partial charge in [-0.1, -0.05) is 74.0 Å². The number of nitrogens with zero attached hydrogens (tertiary/aromatic N) is 2. The van der Waals surface area contributed by atoms with Crippen LogP contribution in [0.3, 0.4) is 0 Å². The van der Waals surface area contributed by atoms with Crippen LogP contribution in [0.5, 0.6) is 5.75 Å². The van der Waals surface area contributed by atoms with E-state index < -0.39 is 0 Å². The highest BCUT2D eigenvalue weighted by Gasteiger charge is 2.25. The van der Waals surface area contributed by atoms with Gasteiger partial charge in [0.25, 0.3) is 5.91 Å². The Morgan fingerprint density at radius 3 is 2.31 bits per heavy atom. The highest BCUT2D eigenvalue weighted by atomic mass is 35.5. The second-order valence-corrected chi connectivity index (χ2v) is 10.8. The Kier molecular flexibility index (Phi) is 8.05. The summed E-state index contributed by atoms with van der Waals surface area (Å²) in [6.07, 6.45) is 0. The molecular weight excluding hydrogens is 515 g/mol. The van der Waals surface area contributed by atoms with Crippen molar-refractivity contribution in [3.05, 3.63) is 124 Å². The maximum atomic E-state index is 13.3. The highest BCUT2D eigenvalue weighted by Crippen LogP contribution is 2.32. The van der Waals surface area contributed by atoms with Gasteiger partial charge >= 0.3 is 0 Å². The Balaban J connectivity index is 1.12. The number of carbonyl (C=O) groups excluding carboxylic acids is 1. The minimum Gasteiger partial charge on any atom is -0.486 e. The molecule has 0 radical (unpaired) electrons. The summed E-state index contributed by atoms with van der Waals surface area (Å²) in [6, 6.07) is 26.5. The molecule has 1 aromatic heterocycles. The zero-order valence-electron chi connectivity index (χ0n) is 22.2. The molecule has 0 spiro atoms. The topological polar surface area (TPSA) is 45.9 Å². The third-order valence-electron chi connectivity index (χ3n) is 7.39. The Labute approximate surface area is 233 Å². The normalized spacial score (nSPS) is 14.4. The molecule has 1 fully saturated rings. The van der Waals surface area contributed by atoms with Crippen LogP contribution in [0.15, 0.2) is 89.3 Å². The molecule has 0 aliphatic carbocycles. The first-order chi connectivity index (χ1) is 18.8. The van der Waals surface area contributed by atoms with Crippen LogP contribution in [-0.2, 0) is 18.6 Å². The van der Waals surface area contributed by atoms with Crippen molar-refractivity contribution >= 4 is 17.5 Å². The van der Waals surface area contributed by atoms with E-state index in [9.17, 15) is 9.18 Å². The van der Waals surface area contributed by atoms with Crippen LogP contribution in [0.2, 0.25) is 5.02 Å². The van der Waals surface area contributed by atoms with E-state index in [4.69, 9.17) is 20.8 Å². The van der Waals surface area contributed by atoms with Gasteiger partial charge in [0.05, 0.1) is 0 Å². The lowest BCUT2D eigenvalue weighted by Crippen LogP contribution is -2.48. The third-order valence-corrected chi connectivity index (χ3v) is 7.75. The van der Waals surface area contributed by atoms with Crippen molar-refractivity contribution in [3.8, 4) is 5.75 Å². The third kappa shape index (κ3) is 6.35. The van der Waals surface area contributed by atoms with Gasteiger partial charge in [-0.3, -0.25) is 9.69 Å². The molecule has 4 aromatic rings. The Morgan fingerprint density at radius 1 is 0.923 bits per heavy atom. The van der Waals surface area contributed by atoms with Gasteiger partial charge in [0.1, 0.15) is 23.9 Å². The lowest BCUT2D eigenvalue weighted by Gasteiger charge is -2.34. The number of hydrogen-bond acceptors (Lipinski definition) is 4. The molecule has 1 saturated heterocycles. The lowest BCUT2D eigenvalue weighted by atomic mass is 9.78. The van der Waals surface area contributed by atoms with Gasteiger partial charge in [-0.25, -0.2) is 4.39 Å². The molecule has 0 bridgehead atoms. The summed E-state index contributed by atoms with van der Waals surface area (Å²) in [5.41, 5.74) is 3.22. The van der Waals surface area contributed by atoms with Crippen LogP contribution in [0.4, 0.5) is 4.39 Å². The van der Waals surface area contributed by atoms with Crippen molar-refractivity contribution in [2.45, 2.75) is 32.4 Å². The van der Waals surface area contributed by atoms with Crippen molar-refractivity contribution in [2.24, 2.45) is 0 Å². The summed E-state index contributed by atoms with van der Waals surface area (Å²) in [6.45, 7) is 7.84. The molecule has 0 N–H and O–H groups in total. The van der Waals surface area contributed by atoms with Crippen LogP contribution in [0, 0.1) is 5.82 Å². The van der Waals surface area contributed by atoms with Crippen molar-refractivity contribution in [1.82, 2.24) is 9.80 Å². The van der Waals surface area contributed by atoms with Crippen molar-refractivity contribution in [1.29, 1.82) is 0 Å². The van der Waals surface area contributed by atoms with E-state index in [1.54, 1.807) is 23.1 Å². The van der Waals surface area contributed by atoms with Crippen molar-refractivity contribution in [3.63, 3.8) is 0 Å². The minimum absolute atomic E-state index is 0.116. The summed E-state index contributed by atoms with van der Waals surface area (Å²) < 4.78 is 25.1. The molecule has 7 heteroatoms. The van der Waals surface area contributed by atoms with Crippen LogP contribution < -0.4 is 4.74 Å². The first-order valence-corrected chi connectivity index (χ1v) is 13.5. The number of furan rings is 1. The van der Waals surface area contributed by atoms with E-state index in [0.29, 0.717) is 49.3 Å². The van der Waals surface area contributed by atoms with E-state index in [0.717, 1.165) is 11.3 Å². The average molecular weight is 547 g/mol. The van der Waals surface area contributed by atoms with Gasteiger partial charge in [0.15, 0.2) is 5.76 Å². The van der Waals surface area contributed by atoms with Gasteiger partial charge in [-0.15, -0.1) is 0 Å². The first kappa shape index (κ1) is 27.0. The van der Waals surface area contributed by atoms with Crippen LogP contribution in [-0.4, -0.2) is 41.9 Å². The van der Waals surface area contributed by atoms with Crippen molar-refractivity contribution in [2.75, 3.05) is 26.2 Å². The Hall–Kier alpha value is -3.61. The molecule has 0 saturated carbocycles. The van der Waals surface area contributed by atoms with Gasteiger partial charge in [0.2, 0.25) is 0 Å². The van der Waals surface area contributed by atoms with Crippen molar-refractivity contribution < 1.29 is 18.3 Å². The fraction of sp³-hybridized carbons (Fsp3) is 0.281. The smallest absolute Gasteiger partial charge is 0.289 e. The number of halogens is 2. The molecular formula is C32H32ClFN2O3. The summed E-state index contributed by atoms with van der Waals surface area (Å²) in [5.74, 6) is 1.17. The highest BCUT2D eigenvalue weighted by molar-refractivity contribution is 6.31. The summed E-state index contributed by atoms with van der Waals surface area (Å²) in [5, 5.41) is 0.422. The van der Waals surface area contributed by atoms with Gasteiger partial charge < -0.3 is 14.1 Å². The van der Waals surface area contributed by atoms with Crippen LogP contribution in [0.25, 0.3) is 0 Å². The number of ether oxygens (including phenoxy) is 1. The van der Waals surface area contributed by atoms with E-state index in [1.807, 2.05) is 18.2 Å². The SMILES string of the molecule is CC(C)(c1ccccc1)c1ccc(OCc2ccc(C(=O)N3CCN(Cc4ccc(F)cc4Cl)CC3)o2)cc1. The molecule has 3 aromatic carbocycles. The van der Waals surface area contributed by atoms with E-state index in [-0.39, 0.29) is 23.7 Å². The summed E-state index contributed by atoms with van der Waals surface area (Å²) in [7, 11) is 0. The molecule has 5 nitrogen and oxygen atoms in total. The van der Waals surface area contributed by atoms with Gasteiger partial charge in [-0.2, -0.15) is 0 Å². The number of carbonyl (C=O) groups is 1. The molecule has 202 valence electrons. The fourth-order valence-corrected chi connectivity index (χ4v) is 5.10. The number of rotatable bonds is 8. The van der Waals surface area contributed by atoms with Gasteiger partial charge in [0, 0.05) is 43.2 Å². The maximum absolute atomic E-state index is 13.3. The molecule has 5 rings (SSSR count). The van der Waals surface area contributed by atoms with E-state index >= 15 is 0 Å². The molecule has 1 amide bonds. The predicted molar refractivity (Wildman–Crippen MR) is 151 cm³/mol. The summed E-state index contributed by atoms with van der Waals surface area (Å²) in [4.78, 5) is 17.0. The second kappa shape index (κ2) is 11.6. The monoisotopic (exact) mass is 546 g/mol. The minimum atomic E-state index is -0.344.